The minimum atomic E-state index is -0.446. The largest absolute Gasteiger partial charge is 0.497 e. The van der Waals surface area contributed by atoms with Crippen LogP contribution in [0.25, 0.3) is 21.7 Å². The highest BCUT2D eigenvalue weighted by Gasteiger charge is 2.56. The van der Waals surface area contributed by atoms with E-state index in [9.17, 15) is 13.6 Å². The molecule has 8 rings (SSSR count). The van der Waals surface area contributed by atoms with Crippen molar-refractivity contribution in [3.05, 3.63) is 69.7 Å². The Morgan fingerprint density at radius 3 is 2.79 bits per heavy atom. The highest BCUT2D eigenvalue weighted by molar-refractivity contribution is 7.13. The van der Waals surface area contributed by atoms with E-state index in [1.807, 2.05) is 17.5 Å². The van der Waals surface area contributed by atoms with E-state index in [1.54, 1.807) is 29.0 Å². The first-order valence-corrected chi connectivity index (χ1v) is 17.7. The first kappa shape index (κ1) is 32.6. The third-order valence-corrected chi connectivity index (χ3v) is 11.8. The molecular formula is C36H43F2N7O2S. The van der Waals surface area contributed by atoms with Crippen LogP contribution in [0.1, 0.15) is 39.2 Å². The number of alkyl halides is 1. The smallest absolute Gasteiger partial charge is 0.261 e. The molecule has 254 valence electrons. The lowest BCUT2D eigenvalue weighted by Gasteiger charge is -2.61. The highest BCUT2D eigenvalue weighted by atomic mass is 32.1. The molecule has 0 amide bonds. The van der Waals surface area contributed by atoms with Crippen molar-refractivity contribution in [3.63, 3.8) is 0 Å². The number of aromatic nitrogens is 3. The van der Waals surface area contributed by atoms with E-state index in [2.05, 4.69) is 41.3 Å². The third-order valence-electron chi connectivity index (χ3n) is 11.0. The van der Waals surface area contributed by atoms with Crippen LogP contribution < -0.4 is 20.9 Å². The number of hydrogen-bond donors (Lipinski definition) is 2. The monoisotopic (exact) mass is 675 g/mol. The maximum absolute atomic E-state index is 14.8. The molecule has 4 aliphatic rings. The second-order valence-electron chi connectivity index (χ2n) is 14.0. The van der Waals surface area contributed by atoms with Crippen LogP contribution in [0.2, 0.25) is 0 Å². The zero-order valence-corrected chi connectivity index (χ0v) is 28.7. The number of aliphatic imine (C=N–C) groups is 1. The van der Waals surface area contributed by atoms with Gasteiger partial charge in [-0.15, -0.1) is 11.3 Å². The molecule has 5 atom stereocenters. The first-order valence-electron chi connectivity index (χ1n) is 16.8. The van der Waals surface area contributed by atoms with Gasteiger partial charge in [-0.2, -0.15) is 0 Å². The minimum absolute atomic E-state index is 0.181. The number of methoxy groups -OCH3 is 1. The average Bonchev–Trinajstić information content (AvgIpc) is 3.63. The summed E-state index contributed by atoms with van der Waals surface area (Å²) < 4.78 is 35.3. The number of aryl methyl sites for hydroxylation is 1. The molecule has 2 bridgehead atoms. The number of nitrogens with one attached hydrogen (secondary N) is 2. The van der Waals surface area contributed by atoms with Crippen molar-refractivity contribution in [2.75, 3.05) is 38.7 Å². The summed E-state index contributed by atoms with van der Waals surface area (Å²) in [5, 5.41) is 9.73. The molecule has 2 N–H and O–H groups in total. The van der Waals surface area contributed by atoms with Crippen molar-refractivity contribution >= 4 is 33.9 Å². The van der Waals surface area contributed by atoms with Gasteiger partial charge < -0.3 is 20.3 Å². The SMILES string of the molecule is COc1ccc(CCn2c(-c3nccs3)nc3cc(NC(=N[C@H]4C[C@H]5C[C@@H]([C@@H]4C)C5(C)C)N4CCN[C@@H](CF)C4)ccc3c2=O)c(F)c1. The first-order chi connectivity index (χ1) is 23.2. The summed E-state index contributed by atoms with van der Waals surface area (Å²) in [6.07, 6.45) is 4.29. The molecule has 0 unspecified atom stereocenters. The summed E-state index contributed by atoms with van der Waals surface area (Å²) in [7, 11) is 1.50. The van der Waals surface area contributed by atoms with Gasteiger partial charge in [-0.25, -0.2) is 23.7 Å². The van der Waals surface area contributed by atoms with Crippen molar-refractivity contribution < 1.29 is 13.5 Å². The molecule has 4 aromatic rings. The van der Waals surface area contributed by atoms with Crippen LogP contribution >= 0.6 is 11.3 Å². The Morgan fingerprint density at radius 1 is 1.23 bits per heavy atom. The predicted octanol–water partition coefficient (Wildman–Crippen LogP) is 5.99. The fraction of sp³-hybridized carbons (Fsp3) is 0.500. The van der Waals surface area contributed by atoms with Crippen LogP contribution in [0.3, 0.4) is 0 Å². The normalized spacial score (nSPS) is 25.2. The van der Waals surface area contributed by atoms with Crippen LogP contribution in [-0.4, -0.2) is 70.9 Å². The van der Waals surface area contributed by atoms with Gasteiger partial charge in [-0.1, -0.05) is 26.8 Å². The van der Waals surface area contributed by atoms with Gasteiger partial charge in [-0.05, 0) is 72.3 Å². The molecule has 1 aliphatic heterocycles. The number of guanidine groups is 1. The standard InChI is InChI=1S/C36H43F2N7O2S/c1-21-28-15-23(36(28,2)3)16-30(21)43-35(44-13-10-39-25(19-37)20-44)41-24-6-8-27-31(17-24)42-32(33-40-11-14-48-33)45(34(27)46)12-9-22-5-7-26(47-4)18-29(22)38/h5-8,11,14,17-18,21,23,25,28,30,39H,9-10,12-13,15-16,19-20H2,1-4H3,(H,41,43)/t21-,23+,25-,28-,30-/m0/s1. The van der Waals surface area contributed by atoms with E-state index in [-0.39, 0.29) is 30.0 Å². The fourth-order valence-electron chi connectivity index (χ4n) is 7.99. The molecule has 0 spiro atoms. The second kappa shape index (κ2) is 13.2. The molecule has 4 fully saturated rings. The van der Waals surface area contributed by atoms with E-state index < -0.39 is 6.67 Å². The number of nitrogens with zero attached hydrogens (tertiary/aromatic N) is 5. The van der Waals surface area contributed by atoms with Crippen LogP contribution in [0.5, 0.6) is 5.75 Å². The highest BCUT2D eigenvalue weighted by Crippen LogP contribution is 2.61. The van der Waals surface area contributed by atoms with Crippen molar-refractivity contribution in [1.29, 1.82) is 0 Å². The van der Waals surface area contributed by atoms with E-state index in [0.29, 0.717) is 82.3 Å². The Labute approximate surface area is 283 Å². The number of benzene rings is 2. The van der Waals surface area contributed by atoms with Crippen LogP contribution in [-0.2, 0) is 13.0 Å². The molecule has 1 saturated heterocycles. The van der Waals surface area contributed by atoms with Crippen molar-refractivity contribution in [2.45, 2.75) is 58.7 Å². The van der Waals surface area contributed by atoms with Gasteiger partial charge in [0.2, 0.25) is 0 Å². The lowest BCUT2D eigenvalue weighted by molar-refractivity contribution is -0.108. The van der Waals surface area contributed by atoms with E-state index in [4.69, 9.17) is 14.7 Å². The number of thiazole rings is 1. The number of rotatable bonds is 8. The van der Waals surface area contributed by atoms with Gasteiger partial charge in [0.25, 0.3) is 5.56 Å². The van der Waals surface area contributed by atoms with Gasteiger partial charge in [0.05, 0.1) is 30.1 Å². The molecule has 9 nitrogen and oxygen atoms in total. The Balaban J connectivity index is 1.22. The number of piperazine rings is 1. The Kier molecular flexibility index (Phi) is 8.97. The maximum Gasteiger partial charge on any atom is 0.261 e. The summed E-state index contributed by atoms with van der Waals surface area (Å²) in [6.45, 7) is 8.78. The molecule has 3 aliphatic carbocycles. The molecule has 3 saturated carbocycles. The van der Waals surface area contributed by atoms with Gasteiger partial charge in [0.1, 0.15) is 18.2 Å². The van der Waals surface area contributed by atoms with Crippen molar-refractivity contribution in [3.8, 4) is 16.6 Å². The Hall–Kier alpha value is -3.90. The molecule has 48 heavy (non-hydrogen) atoms. The number of halogens is 2. The Bertz CT molecular complexity index is 1880. The van der Waals surface area contributed by atoms with Gasteiger partial charge >= 0.3 is 0 Å². The zero-order chi connectivity index (χ0) is 33.6. The molecular weight excluding hydrogens is 633 g/mol. The summed E-state index contributed by atoms with van der Waals surface area (Å²) in [5.74, 6) is 2.98. The Morgan fingerprint density at radius 2 is 2.08 bits per heavy atom. The number of fused-ring (bicyclic) bond motifs is 3. The molecule has 2 aromatic heterocycles. The summed E-state index contributed by atoms with van der Waals surface area (Å²) in [6, 6.07) is 10.2. The van der Waals surface area contributed by atoms with E-state index in [1.165, 1.54) is 30.9 Å². The van der Waals surface area contributed by atoms with Gasteiger partial charge in [-0.3, -0.25) is 9.36 Å². The minimum Gasteiger partial charge on any atom is -0.497 e. The summed E-state index contributed by atoms with van der Waals surface area (Å²) >= 11 is 1.39. The second-order valence-corrected chi connectivity index (χ2v) is 14.9. The number of hydrogen-bond acceptors (Lipinski definition) is 7. The zero-order valence-electron chi connectivity index (χ0n) is 27.9. The molecule has 3 heterocycles. The van der Waals surface area contributed by atoms with Crippen molar-refractivity contribution in [1.82, 2.24) is 24.8 Å². The van der Waals surface area contributed by atoms with Crippen LogP contribution in [0, 0.1) is 29.0 Å². The lowest BCUT2D eigenvalue weighted by Crippen LogP contribution is -2.58. The maximum atomic E-state index is 14.8. The van der Waals surface area contributed by atoms with Crippen LogP contribution in [0.15, 0.2) is 57.8 Å². The average molecular weight is 676 g/mol. The molecule has 0 radical (unpaired) electrons. The van der Waals surface area contributed by atoms with E-state index in [0.717, 1.165) is 18.1 Å². The topological polar surface area (TPSA) is 96.7 Å². The molecule has 2 aromatic carbocycles. The van der Waals surface area contributed by atoms with Gasteiger partial charge in [0.15, 0.2) is 16.8 Å². The summed E-state index contributed by atoms with van der Waals surface area (Å²) in [5.41, 5.74) is 1.89. The fourth-order valence-corrected chi connectivity index (χ4v) is 8.62. The van der Waals surface area contributed by atoms with Gasteiger partial charge in [0, 0.05) is 49.5 Å². The predicted molar refractivity (Wildman–Crippen MR) is 187 cm³/mol. The lowest BCUT2D eigenvalue weighted by atomic mass is 9.45. The number of ether oxygens (including phenoxy) is 1. The quantitative estimate of drug-likeness (QED) is 0.175. The summed E-state index contributed by atoms with van der Waals surface area (Å²) in [4.78, 5) is 30.9. The number of anilines is 1. The van der Waals surface area contributed by atoms with Crippen molar-refractivity contribution in [2.24, 2.45) is 28.2 Å². The molecule has 12 heteroatoms. The third kappa shape index (κ3) is 6.09. The van der Waals surface area contributed by atoms with E-state index >= 15 is 0 Å². The van der Waals surface area contributed by atoms with Crippen LogP contribution in [0.4, 0.5) is 14.5 Å².